The van der Waals surface area contributed by atoms with E-state index in [-0.39, 0.29) is 11.6 Å². The highest BCUT2D eigenvalue weighted by molar-refractivity contribution is 5.75. The molecule has 0 bridgehead atoms. The Kier molecular flexibility index (Phi) is 5.36. The van der Waals surface area contributed by atoms with Crippen LogP contribution in [-0.4, -0.2) is 52.5 Å². The number of nitrogens with one attached hydrogen (secondary N) is 1. The molecule has 2 amide bonds. The van der Waals surface area contributed by atoms with Crippen LogP contribution < -0.4 is 5.32 Å². The van der Waals surface area contributed by atoms with Gasteiger partial charge in [0.05, 0.1) is 5.69 Å². The van der Waals surface area contributed by atoms with Crippen molar-refractivity contribution in [3.8, 4) is 0 Å². The van der Waals surface area contributed by atoms with Crippen LogP contribution in [0.2, 0.25) is 0 Å². The molecular formula is C23H30N4O. The summed E-state index contributed by atoms with van der Waals surface area (Å²) in [7, 11) is 0. The van der Waals surface area contributed by atoms with Crippen LogP contribution in [0.3, 0.4) is 0 Å². The van der Waals surface area contributed by atoms with Crippen molar-refractivity contribution < 1.29 is 4.79 Å². The first kappa shape index (κ1) is 18.9. The van der Waals surface area contributed by atoms with Gasteiger partial charge in [0.1, 0.15) is 0 Å². The minimum Gasteiger partial charge on any atom is -0.332 e. The predicted octanol–water partition coefficient (Wildman–Crippen LogP) is 3.30. The van der Waals surface area contributed by atoms with Gasteiger partial charge in [0, 0.05) is 44.5 Å². The van der Waals surface area contributed by atoms with E-state index in [1.54, 1.807) is 0 Å². The molecule has 0 spiro atoms. The molecule has 0 unspecified atom stereocenters. The summed E-state index contributed by atoms with van der Waals surface area (Å²) in [5, 5.41) is 3.34. The number of urea groups is 1. The number of hydrogen-bond donors (Lipinski definition) is 1. The smallest absolute Gasteiger partial charge is 0.317 e. The number of pyridine rings is 1. The molecule has 2 fully saturated rings. The third kappa shape index (κ3) is 4.36. The van der Waals surface area contributed by atoms with Crippen molar-refractivity contribution >= 4 is 6.03 Å². The molecule has 28 heavy (non-hydrogen) atoms. The average molecular weight is 379 g/mol. The number of carbonyl (C=O) groups excluding carboxylic acids is 1. The van der Waals surface area contributed by atoms with E-state index < -0.39 is 0 Å². The van der Waals surface area contributed by atoms with Crippen LogP contribution in [0.15, 0.2) is 42.6 Å². The van der Waals surface area contributed by atoms with Gasteiger partial charge >= 0.3 is 6.03 Å². The fourth-order valence-corrected chi connectivity index (χ4v) is 3.98. The number of hydrogen-bond acceptors (Lipinski definition) is 3. The summed E-state index contributed by atoms with van der Waals surface area (Å²) in [5.74, 6) is 0. The zero-order valence-corrected chi connectivity index (χ0v) is 16.9. The molecule has 1 aliphatic heterocycles. The summed E-state index contributed by atoms with van der Waals surface area (Å²) in [6, 6.07) is 12.7. The Morgan fingerprint density at radius 1 is 1.04 bits per heavy atom. The predicted molar refractivity (Wildman–Crippen MR) is 111 cm³/mol. The molecule has 5 nitrogen and oxygen atoms in total. The van der Waals surface area contributed by atoms with Gasteiger partial charge in [-0.1, -0.05) is 30.3 Å². The molecule has 1 saturated heterocycles. The maximum atomic E-state index is 12.8. The molecule has 1 aromatic carbocycles. The second-order valence-corrected chi connectivity index (χ2v) is 8.34. The summed E-state index contributed by atoms with van der Waals surface area (Å²) in [6.07, 6.45) is 4.94. The summed E-state index contributed by atoms with van der Waals surface area (Å²) >= 11 is 0. The van der Waals surface area contributed by atoms with Gasteiger partial charge in [-0.15, -0.1) is 0 Å². The van der Waals surface area contributed by atoms with Crippen LogP contribution in [0.5, 0.6) is 0 Å². The maximum Gasteiger partial charge on any atom is 0.317 e. The zero-order chi connectivity index (χ0) is 19.6. The molecule has 2 aliphatic rings. The first-order valence-electron chi connectivity index (χ1n) is 10.3. The molecule has 4 rings (SSSR count). The Balaban J connectivity index is 1.28. The highest BCUT2D eigenvalue weighted by Crippen LogP contribution is 2.39. The molecule has 1 aromatic heterocycles. The van der Waals surface area contributed by atoms with E-state index in [1.807, 2.05) is 17.2 Å². The molecule has 2 heterocycles. The highest BCUT2D eigenvalue weighted by atomic mass is 16.2. The fourth-order valence-electron chi connectivity index (χ4n) is 3.98. The minimum absolute atomic E-state index is 0.0363. The summed E-state index contributed by atoms with van der Waals surface area (Å²) in [4.78, 5) is 21.7. The number of benzene rings is 1. The lowest BCUT2D eigenvalue weighted by molar-refractivity contribution is 0.131. The molecule has 1 saturated carbocycles. The van der Waals surface area contributed by atoms with Crippen LogP contribution in [0, 0.1) is 13.8 Å². The Labute approximate surface area is 167 Å². The number of aryl methyl sites for hydroxylation is 2. The monoisotopic (exact) mass is 378 g/mol. The lowest BCUT2D eigenvalue weighted by Crippen LogP contribution is -2.54. The van der Waals surface area contributed by atoms with E-state index in [1.165, 1.54) is 16.7 Å². The van der Waals surface area contributed by atoms with Gasteiger partial charge in [0.2, 0.25) is 0 Å². The zero-order valence-electron chi connectivity index (χ0n) is 16.9. The van der Waals surface area contributed by atoms with Gasteiger partial charge in [0.15, 0.2) is 0 Å². The molecular weight excluding hydrogens is 348 g/mol. The van der Waals surface area contributed by atoms with E-state index in [4.69, 9.17) is 0 Å². The van der Waals surface area contributed by atoms with Crippen LogP contribution in [0.1, 0.15) is 35.2 Å². The van der Waals surface area contributed by atoms with Crippen LogP contribution in [-0.2, 0) is 13.0 Å². The third-order valence-corrected chi connectivity index (χ3v) is 6.17. The second-order valence-electron chi connectivity index (χ2n) is 8.34. The Morgan fingerprint density at radius 2 is 1.75 bits per heavy atom. The van der Waals surface area contributed by atoms with E-state index >= 15 is 0 Å². The van der Waals surface area contributed by atoms with Crippen LogP contribution in [0.4, 0.5) is 4.79 Å². The van der Waals surface area contributed by atoms with Gasteiger partial charge in [-0.05, 0) is 55.9 Å². The second kappa shape index (κ2) is 7.92. The number of rotatable bonds is 5. The van der Waals surface area contributed by atoms with Crippen molar-refractivity contribution in [2.75, 3.05) is 26.2 Å². The SMILES string of the molecule is Cc1ccccc1CC1(NC(=O)N2CCN(Cc3ncccc3C)CC2)CC1. The van der Waals surface area contributed by atoms with Crippen molar-refractivity contribution in [3.05, 3.63) is 65.0 Å². The molecule has 1 N–H and O–H groups in total. The van der Waals surface area contributed by atoms with Crippen molar-refractivity contribution in [2.24, 2.45) is 0 Å². The van der Waals surface area contributed by atoms with Gasteiger partial charge in [0.25, 0.3) is 0 Å². The van der Waals surface area contributed by atoms with E-state index in [0.29, 0.717) is 0 Å². The van der Waals surface area contributed by atoms with Crippen molar-refractivity contribution in [1.29, 1.82) is 0 Å². The van der Waals surface area contributed by atoms with Gasteiger partial charge in [-0.2, -0.15) is 0 Å². The van der Waals surface area contributed by atoms with E-state index in [0.717, 1.165) is 57.7 Å². The van der Waals surface area contributed by atoms with Crippen molar-refractivity contribution in [1.82, 2.24) is 20.1 Å². The largest absolute Gasteiger partial charge is 0.332 e. The molecule has 0 radical (unpaired) electrons. The average Bonchev–Trinajstić information content (AvgIpc) is 3.45. The molecule has 148 valence electrons. The lowest BCUT2D eigenvalue weighted by Gasteiger charge is -2.35. The fraction of sp³-hybridized carbons (Fsp3) is 0.478. The van der Waals surface area contributed by atoms with Gasteiger partial charge in [-0.3, -0.25) is 9.88 Å². The number of piperazine rings is 1. The van der Waals surface area contributed by atoms with E-state index in [9.17, 15) is 4.79 Å². The summed E-state index contributed by atoms with van der Waals surface area (Å²) < 4.78 is 0. The molecule has 0 atom stereocenters. The molecule has 5 heteroatoms. The van der Waals surface area contributed by atoms with Crippen LogP contribution >= 0.6 is 0 Å². The minimum atomic E-state index is -0.0363. The van der Waals surface area contributed by atoms with Gasteiger partial charge < -0.3 is 10.2 Å². The van der Waals surface area contributed by atoms with Crippen molar-refractivity contribution in [2.45, 2.75) is 45.2 Å². The Hall–Kier alpha value is -2.40. The third-order valence-electron chi connectivity index (χ3n) is 6.17. The first-order chi connectivity index (χ1) is 13.5. The summed E-state index contributed by atoms with van der Waals surface area (Å²) in [5.41, 5.74) is 4.98. The Bertz CT molecular complexity index is 838. The summed E-state index contributed by atoms with van der Waals surface area (Å²) in [6.45, 7) is 8.46. The highest BCUT2D eigenvalue weighted by Gasteiger charge is 2.45. The number of carbonyl (C=O) groups is 1. The van der Waals surface area contributed by atoms with Crippen LogP contribution in [0.25, 0.3) is 0 Å². The Morgan fingerprint density at radius 3 is 2.43 bits per heavy atom. The maximum absolute atomic E-state index is 12.8. The molecule has 2 aromatic rings. The number of nitrogens with zero attached hydrogens (tertiary/aromatic N) is 3. The van der Waals surface area contributed by atoms with Crippen molar-refractivity contribution in [3.63, 3.8) is 0 Å². The first-order valence-corrected chi connectivity index (χ1v) is 10.3. The lowest BCUT2D eigenvalue weighted by atomic mass is 10.00. The number of amides is 2. The van der Waals surface area contributed by atoms with E-state index in [2.05, 4.69) is 59.4 Å². The quantitative estimate of drug-likeness (QED) is 0.868. The normalized spacial score (nSPS) is 18.7. The van der Waals surface area contributed by atoms with Gasteiger partial charge in [-0.25, -0.2) is 4.79 Å². The number of aromatic nitrogens is 1. The molecule has 1 aliphatic carbocycles. The standard InChI is InChI=1S/C23H30N4O/c1-18-6-3-4-8-20(18)16-23(9-10-23)25-22(28)27-14-12-26(13-15-27)17-21-19(2)7-5-11-24-21/h3-8,11H,9-10,12-17H2,1-2H3,(H,25,28). The topological polar surface area (TPSA) is 48.5 Å².